The number of amides is 2. The van der Waals surface area contributed by atoms with Crippen molar-refractivity contribution in [1.29, 1.82) is 0 Å². The van der Waals surface area contributed by atoms with Gasteiger partial charge in [-0.2, -0.15) is 5.10 Å². The number of nitrogens with zero attached hydrogens (tertiary/aromatic N) is 6. The second-order valence-electron chi connectivity index (χ2n) is 11.2. The highest BCUT2D eigenvalue weighted by atomic mass is 32.2. The third kappa shape index (κ3) is 7.11. The minimum Gasteiger partial charge on any atom is -0.345 e. The van der Waals surface area contributed by atoms with Crippen molar-refractivity contribution in [2.45, 2.75) is 36.0 Å². The number of carbonyl (C=O) groups excluding carboxylic acids is 2. The molecule has 3 aromatic carbocycles. The first kappa shape index (κ1) is 33.3. The monoisotopic (exact) mass is 699 g/mol. The van der Waals surface area contributed by atoms with Gasteiger partial charge in [0.15, 0.2) is 11.0 Å². The van der Waals surface area contributed by atoms with Crippen molar-refractivity contribution in [3.63, 3.8) is 0 Å². The summed E-state index contributed by atoms with van der Waals surface area (Å²) >= 11 is 2.85. The Kier molecular flexibility index (Phi) is 9.87. The largest absolute Gasteiger partial charge is 0.345 e. The van der Waals surface area contributed by atoms with Gasteiger partial charge in [-0.1, -0.05) is 65.9 Å². The van der Waals surface area contributed by atoms with Crippen LogP contribution in [-0.2, 0) is 21.4 Å². The van der Waals surface area contributed by atoms with Gasteiger partial charge in [0, 0.05) is 31.8 Å². The molecule has 1 unspecified atom stereocenters. The maximum atomic E-state index is 13.8. The quantitative estimate of drug-likeness (QED) is 0.186. The fourth-order valence-corrected chi connectivity index (χ4v) is 7.61. The lowest BCUT2D eigenvalue weighted by atomic mass is 10.00. The summed E-state index contributed by atoms with van der Waals surface area (Å²) in [5.41, 5.74) is 4.12. The van der Waals surface area contributed by atoms with Crippen molar-refractivity contribution < 1.29 is 18.0 Å². The highest BCUT2D eigenvalue weighted by Crippen LogP contribution is 2.35. The number of hydrazone groups is 1. The molecule has 14 heteroatoms. The molecule has 11 nitrogen and oxygen atoms in total. The number of benzene rings is 3. The Balaban J connectivity index is 1.19. The molecule has 246 valence electrons. The first-order chi connectivity index (χ1) is 23.1. The molecule has 3 heterocycles. The predicted octanol–water partition coefficient (Wildman–Crippen LogP) is 5.29. The van der Waals surface area contributed by atoms with Crippen LogP contribution in [0.4, 0.5) is 0 Å². The topological polar surface area (TPSA) is 130 Å². The van der Waals surface area contributed by atoms with Crippen LogP contribution in [0.3, 0.4) is 0 Å². The summed E-state index contributed by atoms with van der Waals surface area (Å²) < 4.78 is 27.7. The van der Waals surface area contributed by atoms with E-state index < -0.39 is 15.9 Å². The summed E-state index contributed by atoms with van der Waals surface area (Å²) in [7, 11) is -0.713. The maximum Gasteiger partial charge on any atom is 0.253 e. The van der Waals surface area contributed by atoms with Crippen LogP contribution in [0.1, 0.15) is 44.6 Å². The van der Waals surface area contributed by atoms with Crippen LogP contribution >= 0.6 is 23.1 Å². The van der Waals surface area contributed by atoms with Gasteiger partial charge in [-0.25, -0.2) is 17.7 Å². The predicted molar refractivity (Wildman–Crippen MR) is 187 cm³/mol. The number of aryl methyl sites for hydroxylation is 1. The molecule has 0 fully saturated rings. The molecule has 2 amide bonds. The molecule has 0 spiro atoms. The zero-order valence-electron chi connectivity index (χ0n) is 26.5. The number of rotatable bonds is 11. The molecule has 48 heavy (non-hydrogen) atoms. The van der Waals surface area contributed by atoms with Crippen LogP contribution in [0.15, 0.2) is 112 Å². The molecule has 6 rings (SSSR count). The molecular weight excluding hydrogens is 667 g/mol. The zero-order chi connectivity index (χ0) is 33.8. The Morgan fingerprint density at radius 1 is 0.958 bits per heavy atom. The molecule has 0 radical (unpaired) electrons. The number of carbonyl (C=O) groups is 2. The van der Waals surface area contributed by atoms with Crippen LogP contribution in [0, 0.1) is 6.92 Å². The number of hydrogen-bond donors (Lipinski definition) is 1. The summed E-state index contributed by atoms with van der Waals surface area (Å²) in [6, 6.07) is 27.2. The summed E-state index contributed by atoms with van der Waals surface area (Å²) in [5.74, 6) is -0.0166. The number of thiophene rings is 1. The minimum absolute atomic E-state index is 0.0447. The van der Waals surface area contributed by atoms with E-state index in [0.717, 1.165) is 31.7 Å². The van der Waals surface area contributed by atoms with Gasteiger partial charge in [0.05, 0.1) is 33.8 Å². The van der Waals surface area contributed by atoms with Gasteiger partial charge < -0.3 is 5.32 Å². The lowest BCUT2D eigenvalue weighted by Crippen LogP contribution is -2.28. The third-order valence-corrected chi connectivity index (χ3v) is 11.4. The molecule has 1 aliphatic heterocycles. The molecular formula is C34H33N7O4S3. The Morgan fingerprint density at radius 3 is 2.35 bits per heavy atom. The van der Waals surface area contributed by atoms with Gasteiger partial charge in [-0.05, 0) is 60.3 Å². The molecule has 1 N–H and O–H groups in total. The maximum absolute atomic E-state index is 13.8. The van der Waals surface area contributed by atoms with Crippen molar-refractivity contribution in [1.82, 2.24) is 29.4 Å². The van der Waals surface area contributed by atoms with Gasteiger partial charge in [0.25, 0.3) is 11.8 Å². The van der Waals surface area contributed by atoms with Crippen molar-refractivity contribution in [2.24, 2.45) is 5.10 Å². The molecule has 0 aliphatic carbocycles. The average molecular weight is 700 g/mol. The lowest BCUT2D eigenvalue weighted by Gasteiger charge is -2.22. The standard InChI is InChI=1S/C34H33N7O4S3/c1-23-11-13-24(14-12-23)29-20-28(30-10-7-19-46-30)38-41(29)32(42)22-47-34-37-36-31(40(34)26-8-5-4-6-9-26)21-35-33(43)25-15-17-27(18-16-25)48(44,45)39(2)3/h4-19,29H,20-22H2,1-3H3,(H,35,43). The van der Waals surface area contributed by atoms with Crippen molar-refractivity contribution in [3.05, 3.63) is 124 Å². The highest BCUT2D eigenvalue weighted by Gasteiger charge is 2.33. The lowest BCUT2D eigenvalue weighted by molar-refractivity contribution is -0.130. The van der Waals surface area contributed by atoms with Crippen molar-refractivity contribution in [2.75, 3.05) is 19.8 Å². The van der Waals surface area contributed by atoms with Gasteiger partial charge in [0.1, 0.15) is 0 Å². The fraction of sp³-hybridized carbons (Fsp3) is 0.206. The fourth-order valence-electron chi connectivity index (χ4n) is 5.17. The van der Waals surface area contributed by atoms with E-state index in [1.165, 1.54) is 50.1 Å². The molecule has 2 aromatic heterocycles. The molecule has 0 bridgehead atoms. The van der Waals surface area contributed by atoms with E-state index in [1.54, 1.807) is 16.3 Å². The van der Waals surface area contributed by atoms with E-state index in [-0.39, 0.29) is 29.1 Å². The van der Waals surface area contributed by atoms with E-state index >= 15 is 0 Å². The number of para-hydroxylation sites is 1. The Labute approximate surface area is 287 Å². The van der Waals surface area contributed by atoms with Crippen LogP contribution in [0.5, 0.6) is 0 Å². The van der Waals surface area contributed by atoms with Gasteiger partial charge >= 0.3 is 0 Å². The molecule has 0 saturated heterocycles. The highest BCUT2D eigenvalue weighted by molar-refractivity contribution is 7.99. The van der Waals surface area contributed by atoms with E-state index in [2.05, 4.69) is 15.5 Å². The van der Waals surface area contributed by atoms with Crippen LogP contribution in [0.25, 0.3) is 5.69 Å². The Hall–Kier alpha value is -4.63. The van der Waals surface area contributed by atoms with Crippen LogP contribution < -0.4 is 5.32 Å². The van der Waals surface area contributed by atoms with Gasteiger partial charge in [0.2, 0.25) is 10.0 Å². The molecule has 1 atom stereocenters. The smallest absolute Gasteiger partial charge is 0.253 e. The second-order valence-corrected chi connectivity index (χ2v) is 15.3. The minimum atomic E-state index is -3.61. The number of nitrogens with one attached hydrogen (secondary N) is 1. The van der Waals surface area contributed by atoms with E-state index in [1.807, 2.05) is 83.6 Å². The third-order valence-electron chi connectivity index (χ3n) is 7.78. The summed E-state index contributed by atoms with van der Waals surface area (Å²) in [5, 5.41) is 20.5. The SMILES string of the molecule is Cc1ccc(C2CC(c3cccs3)=NN2C(=O)CSc2nnc(CNC(=O)c3ccc(S(=O)(=O)N(C)C)cc3)n2-c2ccccc2)cc1. The van der Waals surface area contributed by atoms with Gasteiger partial charge in [-0.15, -0.1) is 21.5 Å². The summed E-state index contributed by atoms with van der Waals surface area (Å²) in [4.78, 5) is 27.9. The first-order valence-electron chi connectivity index (χ1n) is 15.0. The van der Waals surface area contributed by atoms with E-state index in [9.17, 15) is 18.0 Å². The van der Waals surface area contributed by atoms with Crippen LogP contribution in [-0.4, -0.2) is 69.9 Å². The van der Waals surface area contributed by atoms with E-state index in [0.29, 0.717) is 23.0 Å². The first-order valence-corrected chi connectivity index (χ1v) is 18.4. The summed E-state index contributed by atoms with van der Waals surface area (Å²) in [6.07, 6.45) is 0.623. The zero-order valence-corrected chi connectivity index (χ0v) is 28.9. The molecule has 5 aromatic rings. The van der Waals surface area contributed by atoms with E-state index in [4.69, 9.17) is 5.10 Å². The van der Waals surface area contributed by atoms with Gasteiger partial charge in [-0.3, -0.25) is 14.2 Å². The number of hydrogen-bond acceptors (Lipinski definition) is 9. The van der Waals surface area contributed by atoms with Crippen LogP contribution in [0.2, 0.25) is 0 Å². The number of thioether (sulfide) groups is 1. The average Bonchev–Trinajstić information content (AvgIpc) is 3.87. The number of aromatic nitrogens is 3. The molecule has 1 aliphatic rings. The number of sulfonamides is 1. The van der Waals surface area contributed by atoms with Crippen molar-refractivity contribution in [3.8, 4) is 5.69 Å². The molecule has 0 saturated carbocycles. The summed E-state index contributed by atoms with van der Waals surface area (Å²) in [6.45, 7) is 2.08. The van der Waals surface area contributed by atoms with Crippen molar-refractivity contribution >= 4 is 50.6 Å². The normalized spacial score (nSPS) is 14.7. The Morgan fingerprint density at radius 2 is 1.69 bits per heavy atom. The second kappa shape index (κ2) is 14.2. The Bertz CT molecular complexity index is 2040.